The molecule has 29 heavy (non-hydrogen) atoms. The number of hydrogen-bond acceptors (Lipinski definition) is 7. The number of ether oxygens (including phenoxy) is 3. The van der Waals surface area contributed by atoms with E-state index < -0.39 is 0 Å². The summed E-state index contributed by atoms with van der Waals surface area (Å²) in [4.78, 5) is 9.02. The van der Waals surface area contributed by atoms with E-state index in [0.717, 1.165) is 46.4 Å². The Morgan fingerprint density at radius 3 is 2.28 bits per heavy atom. The predicted molar refractivity (Wildman–Crippen MR) is 115 cm³/mol. The molecular weight excluding hydrogens is 368 g/mol. The maximum Gasteiger partial charge on any atom is 0.224 e. The number of nitrogens with one attached hydrogen (secondary N) is 2. The molecule has 1 heterocycles. The lowest BCUT2D eigenvalue weighted by atomic mass is 10.1. The van der Waals surface area contributed by atoms with Crippen molar-refractivity contribution in [1.82, 2.24) is 9.97 Å². The molecule has 3 aromatic rings. The molecule has 0 saturated heterocycles. The van der Waals surface area contributed by atoms with Crippen molar-refractivity contribution in [2.75, 3.05) is 38.5 Å². The van der Waals surface area contributed by atoms with Crippen molar-refractivity contribution in [2.45, 2.75) is 13.3 Å². The molecule has 3 rings (SSSR count). The maximum atomic E-state index is 5.36. The number of aryl methyl sites for hydroxylation is 1. The summed E-state index contributed by atoms with van der Waals surface area (Å²) in [5, 5.41) is 6.59. The Kier molecular flexibility index (Phi) is 6.73. The highest BCUT2D eigenvalue weighted by atomic mass is 16.5. The molecule has 2 N–H and O–H groups in total. The van der Waals surface area contributed by atoms with E-state index in [1.807, 2.05) is 55.5 Å². The van der Waals surface area contributed by atoms with Crippen molar-refractivity contribution in [3.63, 3.8) is 0 Å². The molecule has 7 nitrogen and oxygen atoms in total. The lowest BCUT2D eigenvalue weighted by molar-refractivity contribution is 0.354. The third-order valence-electron chi connectivity index (χ3n) is 4.36. The lowest BCUT2D eigenvalue weighted by Crippen LogP contribution is -2.09. The Morgan fingerprint density at radius 2 is 1.59 bits per heavy atom. The van der Waals surface area contributed by atoms with Gasteiger partial charge < -0.3 is 24.8 Å². The minimum absolute atomic E-state index is 0.585. The quantitative estimate of drug-likeness (QED) is 0.563. The van der Waals surface area contributed by atoms with Crippen LogP contribution in [0.5, 0.6) is 17.2 Å². The van der Waals surface area contributed by atoms with Gasteiger partial charge in [0.15, 0.2) is 11.5 Å². The standard InChI is InChI=1S/C22H26N4O3/c1-15-13-21(25-17-6-8-18(27-2)9-7-17)26-22(24-15)23-12-11-16-5-10-19(28-3)20(14-16)29-4/h5-10,13-14H,11-12H2,1-4H3,(H2,23,24,25,26). The number of aromatic nitrogens is 2. The van der Waals surface area contributed by atoms with E-state index in [1.54, 1.807) is 21.3 Å². The van der Waals surface area contributed by atoms with Crippen LogP contribution in [0.1, 0.15) is 11.3 Å². The van der Waals surface area contributed by atoms with Crippen LogP contribution in [-0.2, 0) is 6.42 Å². The molecule has 0 unspecified atom stereocenters. The van der Waals surface area contributed by atoms with Crippen LogP contribution in [-0.4, -0.2) is 37.8 Å². The van der Waals surface area contributed by atoms with Gasteiger partial charge >= 0.3 is 0 Å². The molecule has 1 aromatic heterocycles. The van der Waals surface area contributed by atoms with E-state index in [0.29, 0.717) is 12.5 Å². The first-order valence-corrected chi connectivity index (χ1v) is 9.33. The molecule has 0 amide bonds. The normalized spacial score (nSPS) is 10.3. The minimum Gasteiger partial charge on any atom is -0.497 e. The zero-order chi connectivity index (χ0) is 20.6. The number of hydrogen-bond donors (Lipinski definition) is 2. The van der Waals surface area contributed by atoms with Gasteiger partial charge in [-0.15, -0.1) is 0 Å². The third kappa shape index (κ3) is 5.51. The Hall–Kier alpha value is -3.48. The van der Waals surface area contributed by atoms with Crippen LogP contribution in [0, 0.1) is 6.92 Å². The van der Waals surface area contributed by atoms with Gasteiger partial charge in [0, 0.05) is 24.0 Å². The van der Waals surface area contributed by atoms with Crippen LogP contribution in [0.3, 0.4) is 0 Å². The maximum absolute atomic E-state index is 5.36. The summed E-state index contributed by atoms with van der Waals surface area (Å²) < 4.78 is 15.8. The monoisotopic (exact) mass is 394 g/mol. The van der Waals surface area contributed by atoms with Crippen LogP contribution in [0.25, 0.3) is 0 Å². The number of rotatable bonds is 9. The van der Waals surface area contributed by atoms with Gasteiger partial charge in [0.05, 0.1) is 21.3 Å². The van der Waals surface area contributed by atoms with Crippen molar-refractivity contribution < 1.29 is 14.2 Å². The zero-order valence-electron chi connectivity index (χ0n) is 17.2. The molecular formula is C22H26N4O3. The van der Waals surface area contributed by atoms with Gasteiger partial charge in [0.2, 0.25) is 5.95 Å². The first-order valence-electron chi connectivity index (χ1n) is 9.33. The van der Waals surface area contributed by atoms with Gasteiger partial charge in [-0.05, 0) is 55.3 Å². The second-order valence-electron chi connectivity index (χ2n) is 6.44. The highest BCUT2D eigenvalue weighted by Crippen LogP contribution is 2.27. The van der Waals surface area contributed by atoms with E-state index in [-0.39, 0.29) is 0 Å². The molecule has 0 atom stereocenters. The predicted octanol–water partition coefficient (Wildman–Crippen LogP) is 4.21. The fourth-order valence-corrected chi connectivity index (χ4v) is 2.89. The van der Waals surface area contributed by atoms with Gasteiger partial charge in [-0.25, -0.2) is 4.98 Å². The highest BCUT2D eigenvalue weighted by Gasteiger charge is 2.06. The van der Waals surface area contributed by atoms with E-state index in [9.17, 15) is 0 Å². The molecule has 0 saturated carbocycles. The van der Waals surface area contributed by atoms with Crippen molar-refractivity contribution in [3.05, 3.63) is 59.8 Å². The Balaban J connectivity index is 1.62. The smallest absolute Gasteiger partial charge is 0.224 e. The molecule has 0 fully saturated rings. The molecule has 2 aromatic carbocycles. The summed E-state index contributed by atoms with van der Waals surface area (Å²) >= 11 is 0. The molecule has 0 aliphatic rings. The number of methoxy groups -OCH3 is 3. The molecule has 0 aliphatic carbocycles. The van der Waals surface area contributed by atoms with Crippen LogP contribution >= 0.6 is 0 Å². The molecule has 0 spiro atoms. The minimum atomic E-state index is 0.585. The summed E-state index contributed by atoms with van der Waals surface area (Å²) in [5.41, 5.74) is 2.95. The Bertz CT molecular complexity index is 945. The molecule has 0 aliphatic heterocycles. The molecule has 152 valence electrons. The van der Waals surface area contributed by atoms with Crippen molar-refractivity contribution in [2.24, 2.45) is 0 Å². The van der Waals surface area contributed by atoms with Crippen LogP contribution in [0.4, 0.5) is 17.5 Å². The first kappa shape index (κ1) is 20.3. The van der Waals surface area contributed by atoms with Crippen molar-refractivity contribution in [1.29, 1.82) is 0 Å². The number of nitrogens with zero attached hydrogens (tertiary/aromatic N) is 2. The molecule has 0 bridgehead atoms. The van der Waals surface area contributed by atoms with Crippen molar-refractivity contribution >= 4 is 17.5 Å². The summed E-state index contributed by atoms with van der Waals surface area (Å²) in [6, 6.07) is 15.5. The number of anilines is 3. The van der Waals surface area contributed by atoms with Crippen LogP contribution in [0.2, 0.25) is 0 Å². The number of benzene rings is 2. The fourth-order valence-electron chi connectivity index (χ4n) is 2.89. The van der Waals surface area contributed by atoms with Crippen molar-refractivity contribution in [3.8, 4) is 17.2 Å². The molecule has 7 heteroatoms. The first-order chi connectivity index (χ1) is 14.1. The van der Waals surface area contributed by atoms with Gasteiger partial charge in [-0.1, -0.05) is 6.07 Å². The topological polar surface area (TPSA) is 77.5 Å². The lowest BCUT2D eigenvalue weighted by Gasteiger charge is -2.11. The van der Waals surface area contributed by atoms with E-state index >= 15 is 0 Å². The van der Waals surface area contributed by atoms with Gasteiger partial charge in [0.1, 0.15) is 11.6 Å². The summed E-state index contributed by atoms with van der Waals surface area (Å²) in [6.07, 6.45) is 0.804. The average Bonchev–Trinajstić information content (AvgIpc) is 2.73. The van der Waals surface area contributed by atoms with Gasteiger partial charge in [0.25, 0.3) is 0 Å². The summed E-state index contributed by atoms with van der Waals surface area (Å²) in [7, 11) is 4.92. The average molecular weight is 394 g/mol. The Labute approximate surface area is 171 Å². The molecule has 0 radical (unpaired) electrons. The fraction of sp³-hybridized carbons (Fsp3) is 0.273. The zero-order valence-corrected chi connectivity index (χ0v) is 17.2. The van der Waals surface area contributed by atoms with E-state index in [4.69, 9.17) is 14.2 Å². The Morgan fingerprint density at radius 1 is 0.828 bits per heavy atom. The van der Waals surface area contributed by atoms with E-state index in [1.165, 1.54) is 0 Å². The SMILES string of the molecule is COc1ccc(Nc2cc(C)nc(NCCc3ccc(OC)c(OC)c3)n2)cc1. The third-order valence-corrected chi connectivity index (χ3v) is 4.36. The van der Waals surface area contributed by atoms with Gasteiger partial charge in [-0.2, -0.15) is 4.98 Å². The largest absolute Gasteiger partial charge is 0.497 e. The van der Waals surface area contributed by atoms with E-state index in [2.05, 4.69) is 20.6 Å². The van der Waals surface area contributed by atoms with Crippen LogP contribution in [0.15, 0.2) is 48.5 Å². The summed E-state index contributed by atoms with van der Waals surface area (Å²) in [6.45, 7) is 2.64. The van der Waals surface area contributed by atoms with Gasteiger partial charge in [-0.3, -0.25) is 0 Å². The summed E-state index contributed by atoms with van der Waals surface area (Å²) in [5.74, 6) is 3.58. The highest BCUT2D eigenvalue weighted by molar-refractivity contribution is 5.58. The second kappa shape index (κ2) is 9.64. The second-order valence-corrected chi connectivity index (χ2v) is 6.44. The van der Waals surface area contributed by atoms with Crippen LogP contribution < -0.4 is 24.8 Å².